The normalized spacial score (nSPS) is 19.0. The van der Waals surface area contributed by atoms with Gasteiger partial charge in [0.2, 0.25) is 5.91 Å². The van der Waals surface area contributed by atoms with E-state index in [0.717, 1.165) is 39.0 Å². The molecule has 0 bridgehead atoms. The number of carbonyl (C=O) groups excluding carboxylic acids is 1. The number of hydrogen-bond donors (Lipinski definition) is 2. The van der Waals surface area contributed by atoms with E-state index in [4.69, 9.17) is 11.6 Å². The standard InChI is InChI=1S/C18H22ClN5O2/c19-12-1-4-14-15(9-12)21-16(22-18(14)26)10-23-5-7-24(8-6-23)11-17(25)20-13-2-3-13/h1,4,9,13H,2-3,5-8,10-11H2,(H,20,25)(H,21,22,26). The van der Waals surface area contributed by atoms with Crippen LogP contribution in [0.1, 0.15) is 18.7 Å². The fraction of sp³-hybridized carbons (Fsp3) is 0.500. The molecule has 1 aliphatic heterocycles. The lowest BCUT2D eigenvalue weighted by atomic mass is 10.2. The van der Waals surface area contributed by atoms with Gasteiger partial charge in [0.05, 0.1) is 24.0 Å². The average Bonchev–Trinajstić information content (AvgIpc) is 3.40. The van der Waals surface area contributed by atoms with Gasteiger partial charge in [0.25, 0.3) is 5.56 Å². The van der Waals surface area contributed by atoms with Gasteiger partial charge < -0.3 is 10.3 Å². The van der Waals surface area contributed by atoms with Crippen LogP contribution in [0.5, 0.6) is 0 Å². The molecule has 2 aromatic rings. The van der Waals surface area contributed by atoms with Gasteiger partial charge in [0.1, 0.15) is 5.82 Å². The van der Waals surface area contributed by atoms with Gasteiger partial charge in [-0.15, -0.1) is 0 Å². The van der Waals surface area contributed by atoms with Crippen molar-refractivity contribution in [1.29, 1.82) is 0 Å². The number of aromatic nitrogens is 2. The van der Waals surface area contributed by atoms with Crippen molar-refractivity contribution in [3.63, 3.8) is 0 Å². The molecular weight excluding hydrogens is 354 g/mol. The van der Waals surface area contributed by atoms with E-state index in [9.17, 15) is 9.59 Å². The molecule has 0 spiro atoms. The molecule has 26 heavy (non-hydrogen) atoms. The molecule has 0 unspecified atom stereocenters. The van der Waals surface area contributed by atoms with Gasteiger partial charge in [-0.25, -0.2) is 4.98 Å². The molecule has 1 aromatic carbocycles. The van der Waals surface area contributed by atoms with Crippen molar-refractivity contribution in [2.45, 2.75) is 25.4 Å². The van der Waals surface area contributed by atoms with Crippen molar-refractivity contribution in [2.75, 3.05) is 32.7 Å². The smallest absolute Gasteiger partial charge is 0.258 e. The number of amides is 1. The first kappa shape index (κ1) is 17.5. The number of halogens is 1. The summed E-state index contributed by atoms with van der Waals surface area (Å²) >= 11 is 6.01. The molecule has 1 saturated heterocycles. The zero-order valence-corrected chi connectivity index (χ0v) is 15.3. The number of nitrogens with zero attached hydrogens (tertiary/aromatic N) is 3. The highest BCUT2D eigenvalue weighted by atomic mass is 35.5. The van der Waals surface area contributed by atoms with Crippen LogP contribution in [0.4, 0.5) is 0 Å². The van der Waals surface area contributed by atoms with Gasteiger partial charge in [0, 0.05) is 37.2 Å². The lowest BCUT2D eigenvalue weighted by Gasteiger charge is -2.33. The fourth-order valence-corrected chi connectivity index (χ4v) is 3.42. The van der Waals surface area contributed by atoms with E-state index in [0.29, 0.717) is 40.9 Å². The van der Waals surface area contributed by atoms with Gasteiger partial charge in [-0.05, 0) is 31.0 Å². The van der Waals surface area contributed by atoms with E-state index in [1.165, 1.54) is 0 Å². The van der Waals surface area contributed by atoms with Gasteiger partial charge in [-0.3, -0.25) is 19.4 Å². The van der Waals surface area contributed by atoms with Crippen LogP contribution in [-0.4, -0.2) is 64.4 Å². The molecule has 0 radical (unpaired) electrons. The molecule has 1 aliphatic carbocycles. The number of piperazine rings is 1. The van der Waals surface area contributed by atoms with Gasteiger partial charge in [0.15, 0.2) is 0 Å². The molecule has 7 nitrogen and oxygen atoms in total. The van der Waals surface area contributed by atoms with E-state index in [2.05, 4.69) is 25.1 Å². The molecule has 1 amide bonds. The van der Waals surface area contributed by atoms with Crippen LogP contribution < -0.4 is 10.9 Å². The summed E-state index contributed by atoms with van der Waals surface area (Å²) in [5, 5.41) is 4.14. The summed E-state index contributed by atoms with van der Waals surface area (Å²) in [5.74, 6) is 0.767. The number of H-pyrrole nitrogens is 1. The lowest BCUT2D eigenvalue weighted by Crippen LogP contribution is -2.49. The first-order valence-electron chi connectivity index (χ1n) is 8.99. The number of nitrogens with one attached hydrogen (secondary N) is 2. The van der Waals surface area contributed by atoms with Crippen molar-refractivity contribution < 1.29 is 4.79 Å². The van der Waals surface area contributed by atoms with E-state index < -0.39 is 0 Å². The zero-order chi connectivity index (χ0) is 18.1. The van der Waals surface area contributed by atoms with Crippen LogP contribution in [0, 0.1) is 0 Å². The van der Waals surface area contributed by atoms with Crippen molar-refractivity contribution >= 4 is 28.4 Å². The molecule has 138 valence electrons. The molecule has 4 rings (SSSR count). The van der Waals surface area contributed by atoms with Gasteiger partial charge in [-0.1, -0.05) is 11.6 Å². The van der Waals surface area contributed by atoms with Crippen LogP contribution in [-0.2, 0) is 11.3 Å². The topological polar surface area (TPSA) is 81.3 Å². The quantitative estimate of drug-likeness (QED) is 0.814. The minimum Gasteiger partial charge on any atom is -0.352 e. The Morgan fingerprint density at radius 1 is 1.23 bits per heavy atom. The summed E-state index contributed by atoms with van der Waals surface area (Å²) in [5.41, 5.74) is 0.476. The number of fused-ring (bicyclic) bond motifs is 1. The number of carbonyl (C=O) groups is 1. The van der Waals surface area contributed by atoms with E-state index in [1.54, 1.807) is 18.2 Å². The first-order valence-corrected chi connectivity index (χ1v) is 9.37. The SMILES string of the molecule is O=C(CN1CCN(Cc2nc3cc(Cl)ccc3c(=O)[nH]2)CC1)NC1CC1. The maximum absolute atomic E-state index is 12.2. The predicted molar refractivity (Wildman–Crippen MR) is 100 cm³/mol. The van der Waals surface area contributed by atoms with Gasteiger partial charge >= 0.3 is 0 Å². The highest BCUT2D eigenvalue weighted by Crippen LogP contribution is 2.18. The summed E-state index contributed by atoms with van der Waals surface area (Å²) in [6, 6.07) is 5.51. The van der Waals surface area contributed by atoms with Crippen molar-refractivity contribution in [3.05, 3.63) is 39.4 Å². The highest BCUT2D eigenvalue weighted by Gasteiger charge is 2.25. The summed E-state index contributed by atoms with van der Waals surface area (Å²) in [4.78, 5) is 35.9. The number of benzene rings is 1. The van der Waals surface area contributed by atoms with Crippen LogP contribution in [0.25, 0.3) is 10.9 Å². The summed E-state index contributed by atoms with van der Waals surface area (Å²) < 4.78 is 0. The van der Waals surface area contributed by atoms with E-state index in [1.807, 2.05) is 0 Å². The molecule has 8 heteroatoms. The minimum atomic E-state index is -0.142. The molecular formula is C18H22ClN5O2. The van der Waals surface area contributed by atoms with E-state index >= 15 is 0 Å². The molecule has 2 aliphatic rings. The maximum atomic E-state index is 12.2. The van der Waals surface area contributed by atoms with Crippen molar-refractivity contribution in [1.82, 2.24) is 25.1 Å². The molecule has 2 N–H and O–H groups in total. The average molecular weight is 376 g/mol. The zero-order valence-electron chi connectivity index (χ0n) is 14.5. The Labute approximate surface area is 156 Å². The third-order valence-corrected chi connectivity index (χ3v) is 5.10. The summed E-state index contributed by atoms with van der Waals surface area (Å²) in [6.07, 6.45) is 2.23. The second-order valence-electron chi connectivity index (χ2n) is 7.07. The van der Waals surface area contributed by atoms with Crippen molar-refractivity contribution in [3.8, 4) is 0 Å². The fourth-order valence-electron chi connectivity index (χ4n) is 3.26. The van der Waals surface area contributed by atoms with E-state index in [-0.39, 0.29) is 11.5 Å². The molecule has 0 atom stereocenters. The second-order valence-corrected chi connectivity index (χ2v) is 7.50. The lowest BCUT2D eigenvalue weighted by molar-refractivity contribution is -0.122. The largest absolute Gasteiger partial charge is 0.352 e. The maximum Gasteiger partial charge on any atom is 0.258 e. The first-order chi connectivity index (χ1) is 12.6. The Morgan fingerprint density at radius 2 is 1.96 bits per heavy atom. The van der Waals surface area contributed by atoms with Crippen LogP contribution in [0.2, 0.25) is 5.02 Å². The van der Waals surface area contributed by atoms with Gasteiger partial charge in [-0.2, -0.15) is 0 Å². The minimum absolute atomic E-state index is 0.123. The monoisotopic (exact) mass is 375 g/mol. The predicted octanol–water partition coefficient (Wildman–Crippen LogP) is 0.973. The Hall–Kier alpha value is -1.96. The molecule has 2 fully saturated rings. The number of aromatic amines is 1. The number of hydrogen-bond acceptors (Lipinski definition) is 5. The Morgan fingerprint density at radius 3 is 2.69 bits per heavy atom. The molecule has 2 heterocycles. The summed E-state index contributed by atoms with van der Waals surface area (Å²) in [7, 11) is 0. The summed E-state index contributed by atoms with van der Waals surface area (Å²) in [6.45, 7) is 4.40. The Balaban J connectivity index is 1.34. The second kappa shape index (κ2) is 7.34. The Bertz CT molecular complexity index is 872. The molecule has 1 aromatic heterocycles. The Kier molecular flexibility index (Phi) is 4.93. The van der Waals surface area contributed by atoms with Crippen molar-refractivity contribution in [2.24, 2.45) is 0 Å². The van der Waals surface area contributed by atoms with Crippen LogP contribution in [0.3, 0.4) is 0 Å². The van der Waals surface area contributed by atoms with Crippen LogP contribution in [0.15, 0.2) is 23.0 Å². The highest BCUT2D eigenvalue weighted by molar-refractivity contribution is 6.31. The number of rotatable bonds is 5. The van der Waals surface area contributed by atoms with Crippen LogP contribution >= 0.6 is 11.6 Å². The molecule has 1 saturated carbocycles. The third-order valence-electron chi connectivity index (χ3n) is 4.87. The third kappa shape index (κ3) is 4.23.